The lowest BCUT2D eigenvalue weighted by Crippen LogP contribution is -2.47. The Morgan fingerprint density at radius 2 is 1.82 bits per heavy atom. The molecule has 170 valence electrons. The standard InChI is InChI=1S/C28H31N3O2/c1-20(2)30-27(33)28(13-16-31(19-28)26(32)22-11-14-29-15-12-22)18-24-8-4-5-10-25(24)23-9-6-7-21(3)17-23/h4-12,14-15,17,20H,13,16,18-19H2,1-3H3,(H,30,33)/t28-/m0/s1. The zero-order valence-corrected chi connectivity index (χ0v) is 19.5. The van der Waals surface area contributed by atoms with E-state index in [-0.39, 0.29) is 17.9 Å². The lowest BCUT2D eigenvalue weighted by Gasteiger charge is -2.30. The van der Waals surface area contributed by atoms with Crippen LogP contribution in [0.2, 0.25) is 0 Å². The molecule has 0 spiro atoms. The molecular weight excluding hydrogens is 410 g/mol. The summed E-state index contributed by atoms with van der Waals surface area (Å²) < 4.78 is 0. The quantitative estimate of drug-likeness (QED) is 0.605. The van der Waals surface area contributed by atoms with Gasteiger partial charge >= 0.3 is 0 Å². The van der Waals surface area contributed by atoms with Crippen molar-refractivity contribution in [2.45, 2.75) is 39.7 Å². The van der Waals surface area contributed by atoms with Crippen molar-refractivity contribution in [2.75, 3.05) is 13.1 Å². The summed E-state index contributed by atoms with van der Waals surface area (Å²) in [4.78, 5) is 32.5. The Labute approximate surface area is 195 Å². The van der Waals surface area contributed by atoms with E-state index in [1.54, 1.807) is 24.5 Å². The summed E-state index contributed by atoms with van der Waals surface area (Å²) in [5.41, 5.74) is 4.53. The summed E-state index contributed by atoms with van der Waals surface area (Å²) in [7, 11) is 0. The van der Waals surface area contributed by atoms with E-state index in [2.05, 4.69) is 53.6 Å². The van der Waals surface area contributed by atoms with Crippen LogP contribution in [0.4, 0.5) is 0 Å². The molecule has 0 bridgehead atoms. The van der Waals surface area contributed by atoms with Crippen molar-refractivity contribution in [2.24, 2.45) is 5.41 Å². The Hall–Kier alpha value is -3.47. The highest BCUT2D eigenvalue weighted by Crippen LogP contribution is 2.38. The summed E-state index contributed by atoms with van der Waals surface area (Å²) in [5.74, 6) is -0.0369. The van der Waals surface area contributed by atoms with Gasteiger partial charge in [0.1, 0.15) is 0 Å². The average Bonchev–Trinajstić information content (AvgIpc) is 3.24. The second-order valence-electron chi connectivity index (χ2n) is 9.32. The molecule has 0 aliphatic carbocycles. The number of rotatable bonds is 6. The molecule has 2 aromatic carbocycles. The van der Waals surface area contributed by atoms with Gasteiger partial charge in [-0.25, -0.2) is 0 Å². The first-order chi connectivity index (χ1) is 15.9. The predicted octanol–water partition coefficient (Wildman–Crippen LogP) is 4.66. The smallest absolute Gasteiger partial charge is 0.253 e. The number of hydrogen-bond donors (Lipinski definition) is 1. The zero-order valence-electron chi connectivity index (χ0n) is 19.5. The average molecular weight is 442 g/mol. The van der Waals surface area contributed by atoms with Crippen LogP contribution in [0.25, 0.3) is 11.1 Å². The number of carbonyl (C=O) groups is 2. The molecule has 5 nitrogen and oxygen atoms in total. The van der Waals surface area contributed by atoms with Crippen LogP contribution in [0.1, 0.15) is 41.8 Å². The highest BCUT2D eigenvalue weighted by molar-refractivity contribution is 5.95. The van der Waals surface area contributed by atoms with Crippen LogP contribution < -0.4 is 5.32 Å². The van der Waals surface area contributed by atoms with Gasteiger partial charge in [0.2, 0.25) is 5.91 Å². The van der Waals surface area contributed by atoms with Crippen molar-refractivity contribution < 1.29 is 9.59 Å². The minimum Gasteiger partial charge on any atom is -0.353 e. The lowest BCUT2D eigenvalue weighted by atomic mass is 9.78. The molecule has 0 unspecified atom stereocenters. The number of pyridine rings is 1. The van der Waals surface area contributed by atoms with E-state index in [1.165, 1.54) is 5.56 Å². The van der Waals surface area contributed by atoms with Gasteiger partial charge in [0.15, 0.2) is 0 Å². The van der Waals surface area contributed by atoms with E-state index >= 15 is 0 Å². The van der Waals surface area contributed by atoms with Crippen LogP contribution in [0.5, 0.6) is 0 Å². The second-order valence-corrected chi connectivity index (χ2v) is 9.32. The number of carbonyl (C=O) groups excluding carboxylic acids is 2. The molecule has 0 saturated carbocycles. The van der Waals surface area contributed by atoms with Gasteiger partial charge in [-0.3, -0.25) is 14.6 Å². The first kappa shape index (κ1) is 22.7. The molecule has 3 aromatic rings. The highest BCUT2D eigenvalue weighted by atomic mass is 16.2. The van der Waals surface area contributed by atoms with Crippen LogP contribution in [0.3, 0.4) is 0 Å². The fraction of sp³-hybridized carbons (Fsp3) is 0.321. The van der Waals surface area contributed by atoms with Gasteiger partial charge in [-0.1, -0.05) is 54.1 Å². The molecule has 2 amide bonds. The Kier molecular flexibility index (Phi) is 6.59. The maximum absolute atomic E-state index is 13.5. The maximum Gasteiger partial charge on any atom is 0.253 e. The second kappa shape index (κ2) is 9.57. The number of aryl methyl sites for hydroxylation is 1. The van der Waals surface area contributed by atoms with Crippen molar-refractivity contribution in [3.63, 3.8) is 0 Å². The van der Waals surface area contributed by atoms with Gasteiger partial charge in [0, 0.05) is 37.1 Å². The van der Waals surface area contributed by atoms with E-state index in [9.17, 15) is 9.59 Å². The minimum atomic E-state index is -0.674. The van der Waals surface area contributed by atoms with E-state index < -0.39 is 5.41 Å². The highest BCUT2D eigenvalue weighted by Gasteiger charge is 2.46. The van der Waals surface area contributed by atoms with E-state index in [4.69, 9.17) is 0 Å². The SMILES string of the molecule is Cc1cccc(-c2ccccc2C[C@@]2(C(=O)NC(C)C)CCN(C(=O)c3ccncc3)C2)c1. The molecular formula is C28H31N3O2. The molecule has 1 aromatic heterocycles. The number of nitrogens with zero attached hydrogens (tertiary/aromatic N) is 2. The fourth-order valence-electron chi connectivity index (χ4n) is 4.68. The van der Waals surface area contributed by atoms with Crippen molar-refractivity contribution in [1.29, 1.82) is 0 Å². The number of nitrogens with one attached hydrogen (secondary N) is 1. The van der Waals surface area contributed by atoms with Crippen molar-refractivity contribution in [3.8, 4) is 11.1 Å². The monoisotopic (exact) mass is 441 g/mol. The molecule has 1 atom stereocenters. The first-order valence-corrected chi connectivity index (χ1v) is 11.5. The van der Waals surface area contributed by atoms with Crippen LogP contribution in [0, 0.1) is 12.3 Å². The first-order valence-electron chi connectivity index (χ1n) is 11.5. The van der Waals surface area contributed by atoms with E-state index in [1.807, 2.05) is 30.9 Å². The van der Waals surface area contributed by atoms with Crippen molar-refractivity contribution >= 4 is 11.8 Å². The van der Waals surface area contributed by atoms with Crippen molar-refractivity contribution in [3.05, 3.63) is 89.7 Å². The Morgan fingerprint density at radius 1 is 1.06 bits per heavy atom. The molecule has 1 N–H and O–H groups in total. The van der Waals surface area contributed by atoms with Crippen LogP contribution >= 0.6 is 0 Å². The Bertz CT molecular complexity index is 1140. The topological polar surface area (TPSA) is 62.3 Å². The van der Waals surface area contributed by atoms with Gasteiger partial charge in [0.05, 0.1) is 5.41 Å². The summed E-state index contributed by atoms with van der Waals surface area (Å²) >= 11 is 0. The molecule has 33 heavy (non-hydrogen) atoms. The fourth-order valence-corrected chi connectivity index (χ4v) is 4.68. The lowest BCUT2D eigenvalue weighted by molar-refractivity contribution is -0.130. The minimum absolute atomic E-state index is 0.0153. The van der Waals surface area contributed by atoms with Crippen LogP contribution in [-0.4, -0.2) is 40.8 Å². The van der Waals surface area contributed by atoms with E-state index in [0.717, 1.165) is 16.7 Å². The summed E-state index contributed by atoms with van der Waals surface area (Å²) in [6.07, 6.45) is 4.46. The van der Waals surface area contributed by atoms with E-state index in [0.29, 0.717) is 31.5 Å². The van der Waals surface area contributed by atoms with Crippen molar-refractivity contribution in [1.82, 2.24) is 15.2 Å². The summed E-state index contributed by atoms with van der Waals surface area (Å²) in [6, 6.07) is 20.2. The largest absolute Gasteiger partial charge is 0.353 e. The van der Waals surface area contributed by atoms with Gasteiger partial charge in [-0.15, -0.1) is 0 Å². The molecule has 1 aliphatic heterocycles. The third-order valence-electron chi connectivity index (χ3n) is 6.35. The zero-order chi connectivity index (χ0) is 23.4. The number of amides is 2. The Balaban J connectivity index is 1.67. The molecule has 0 radical (unpaired) electrons. The number of aromatic nitrogens is 1. The van der Waals surface area contributed by atoms with Gasteiger partial charge in [0.25, 0.3) is 5.91 Å². The third-order valence-corrected chi connectivity index (χ3v) is 6.35. The summed E-state index contributed by atoms with van der Waals surface area (Å²) in [5, 5.41) is 3.13. The van der Waals surface area contributed by atoms with Gasteiger partial charge in [-0.05, 0) is 62.4 Å². The number of hydrogen-bond acceptors (Lipinski definition) is 3. The van der Waals surface area contributed by atoms with Crippen LogP contribution in [-0.2, 0) is 11.2 Å². The molecule has 1 aliphatic rings. The molecule has 4 rings (SSSR count). The predicted molar refractivity (Wildman–Crippen MR) is 131 cm³/mol. The Morgan fingerprint density at radius 3 is 2.55 bits per heavy atom. The van der Waals surface area contributed by atoms with Crippen LogP contribution in [0.15, 0.2) is 73.1 Å². The third kappa shape index (κ3) is 4.98. The number of likely N-dealkylation sites (tertiary alicyclic amines) is 1. The van der Waals surface area contributed by atoms with Gasteiger partial charge in [-0.2, -0.15) is 0 Å². The molecule has 1 fully saturated rings. The summed E-state index contributed by atoms with van der Waals surface area (Å²) in [6.45, 7) is 6.99. The molecule has 2 heterocycles. The molecule has 1 saturated heterocycles. The van der Waals surface area contributed by atoms with Gasteiger partial charge < -0.3 is 10.2 Å². The maximum atomic E-state index is 13.5. The number of benzene rings is 2. The normalized spacial score (nSPS) is 17.9. The molecule has 5 heteroatoms.